The molecule has 0 saturated carbocycles. The molecule has 9 nitrogen and oxygen atoms in total. The van der Waals surface area contributed by atoms with E-state index >= 15 is 0 Å². The van der Waals surface area contributed by atoms with Gasteiger partial charge in [0.1, 0.15) is 23.0 Å². The lowest BCUT2D eigenvalue weighted by atomic mass is 10.1. The van der Waals surface area contributed by atoms with Gasteiger partial charge in [-0.05, 0) is 118 Å². The molecule has 0 aliphatic heterocycles. The van der Waals surface area contributed by atoms with Crippen molar-refractivity contribution in [1.29, 1.82) is 0 Å². The van der Waals surface area contributed by atoms with E-state index in [2.05, 4.69) is 13.2 Å². The molecule has 242 valence electrons. The Hall–Kier alpha value is -5.18. The predicted molar refractivity (Wildman–Crippen MR) is 173 cm³/mol. The number of ether oxygens (including phenoxy) is 5. The number of aryl methyl sites for hydroxylation is 1. The Morgan fingerprint density at radius 3 is 1.74 bits per heavy atom. The number of esters is 4. The van der Waals surface area contributed by atoms with Crippen LogP contribution in [-0.2, 0) is 20.7 Å². The van der Waals surface area contributed by atoms with Gasteiger partial charge in [0.05, 0.1) is 24.3 Å². The summed E-state index contributed by atoms with van der Waals surface area (Å²) in [5.41, 5.74) is 2.02. The molecule has 3 aromatic carbocycles. The second-order valence-corrected chi connectivity index (χ2v) is 10.7. The van der Waals surface area contributed by atoms with E-state index in [4.69, 9.17) is 23.7 Å². The van der Waals surface area contributed by atoms with Gasteiger partial charge in [-0.15, -0.1) is 0 Å². The molecule has 0 aliphatic carbocycles. The second kappa shape index (κ2) is 17.9. The summed E-state index contributed by atoms with van der Waals surface area (Å²) in [5.74, 6) is -0.409. The Labute approximate surface area is 269 Å². The zero-order chi connectivity index (χ0) is 33.5. The van der Waals surface area contributed by atoms with E-state index in [-0.39, 0.29) is 22.9 Å². The summed E-state index contributed by atoms with van der Waals surface area (Å²) in [6, 6.07) is 17.6. The fourth-order valence-electron chi connectivity index (χ4n) is 4.08. The van der Waals surface area contributed by atoms with Crippen LogP contribution in [0.2, 0.25) is 0 Å². The summed E-state index contributed by atoms with van der Waals surface area (Å²) >= 11 is 0. The summed E-state index contributed by atoms with van der Waals surface area (Å²) < 4.78 is 27.3. The molecule has 0 fully saturated rings. The van der Waals surface area contributed by atoms with Crippen LogP contribution in [0.15, 0.2) is 91.0 Å². The van der Waals surface area contributed by atoms with Crippen molar-refractivity contribution in [3.05, 3.63) is 108 Å². The van der Waals surface area contributed by atoms with Crippen LogP contribution >= 0.6 is 0 Å². The van der Waals surface area contributed by atoms with Crippen LogP contribution in [0.5, 0.6) is 23.0 Å². The third kappa shape index (κ3) is 11.4. The topological polar surface area (TPSA) is 114 Å². The van der Waals surface area contributed by atoms with Crippen molar-refractivity contribution in [3.63, 3.8) is 0 Å². The van der Waals surface area contributed by atoms with Gasteiger partial charge in [0.2, 0.25) is 0 Å². The van der Waals surface area contributed by atoms with Gasteiger partial charge < -0.3 is 23.7 Å². The maximum Gasteiger partial charge on any atom is 0.343 e. The Bertz CT molecular complexity index is 1540. The monoisotopic (exact) mass is 628 g/mol. The van der Waals surface area contributed by atoms with Gasteiger partial charge in [0.15, 0.2) is 0 Å². The molecule has 3 rings (SSSR count). The summed E-state index contributed by atoms with van der Waals surface area (Å²) in [4.78, 5) is 48.7. The summed E-state index contributed by atoms with van der Waals surface area (Å²) in [6.45, 7) is 13.2. The fourth-order valence-corrected chi connectivity index (χ4v) is 4.08. The normalized spacial score (nSPS) is 10.4. The first-order valence-corrected chi connectivity index (χ1v) is 15.2. The molecule has 0 aliphatic rings. The van der Waals surface area contributed by atoms with Crippen LogP contribution in [0.3, 0.4) is 0 Å². The number of unbranched alkanes of at least 4 members (excludes halogenated alkanes) is 3. The Morgan fingerprint density at radius 2 is 1.15 bits per heavy atom. The molecule has 0 atom stereocenters. The molecule has 0 saturated heterocycles. The predicted octanol–water partition coefficient (Wildman–Crippen LogP) is 7.62. The van der Waals surface area contributed by atoms with Crippen LogP contribution in [0.25, 0.3) is 0 Å². The highest BCUT2D eigenvalue weighted by Crippen LogP contribution is 2.28. The lowest BCUT2D eigenvalue weighted by Gasteiger charge is -2.12. The molecule has 9 heteroatoms. The van der Waals surface area contributed by atoms with Crippen molar-refractivity contribution in [2.75, 3.05) is 13.2 Å². The smallest absolute Gasteiger partial charge is 0.343 e. The van der Waals surface area contributed by atoms with Gasteiger partial charge in [-0.25, -0.2) is 19.2 Å². The standard InChI is InChI=1S/C37H40O9/c1-6-11-29-24-32(20-21-33(29)46-37(41)28-14-18-31(19-15-28)44-35(39)26(4)5)45-36(40)27-12-16-30(17-13-27)42-22-9-7-8-10-23-43-34(38)25(2)3/h12-21,24H,2,4,6-11,22-23H2,1,3,5H3. The highest BCUT2D eigenvalue weighted by Gasteiger charge is 2.16. The number of hydrogen-bond donors (Lipinski definition) is 0. The molecule has 0 bridgehead atoms. The van der Waals surface area contributed by atoms with Gasteiger partial charge in [0, 0.05) is 11.1 Å². The average Bonchev–Trinajstić information content (AvgIpc) is 3.04. The Morgan fingerprint density at radius 1 is 0.609 bits per heavy atom. The number of carbonyl (C=O) groups is 4. The highest BCUT2D eigenvalue weighted by molar-refractivity contribution is 5.93. The molecule has 0 aromatic heterocycles. The molecule has 0 unspecified atom stereocenters. The van der Waals surface area contributed by atoms with Crippen molar-refractivity contribution < 1.29 is 42.9 Å². The van der Waals surface area contributed by atoms with Crippen LogP contribution in [0.1, 0.15) is 79.2 Å². The quantitative estimate of drug-likeness (QED) is 0.0644. The van der Waals surface area contributed by atoms with E-state index in [0.29, 0.717) is 53.6 Å². The van der Waals surface area contributed by atoms with Crippen molar-refractivity contribution in [2.24, 2.45) is 0 Å². The first-order chi connectivity index (χ1) is 22.1. The van der Waals surface area contributed by atoms with Crippen molar-refractivity contribution in [3.8, 4) is 23.0 Å². The van der Waals surface area contributed by atoms with Crippen LogP contribution in [0.4, 0.5) is 0 Å². The summed E-state index contributed by atoms with van der Waals surface area (Å²) in [7, 11) is 0. The maximum atomic E-state index is 12.8. The van der Waals surface area contributed by atoms with E-state index in [1.807, 2.05) is 6.92 Å². The lowest BCUT2D eigenvalue weighted by molar-refractivity contribution is -0.139. The van der Waals surface area contributed by atoms with Gasteiger partial charge >= 0.3 is 23.9 Å². The largest absolute Gasteiger partial charge is 0.494 e. The summed E-state index contributed by atoms with van der Waals surface area (Å²) in [6.07, 6.45) is 4.87. The minimum atomic E-state index is -0.580. The highest BCUT2D eigenvalue weighted by atomic mass is 16.5. The molecule has 46 heavy (non-hydrogen) atoms. The second-order valence-electron chi connectivity index (χ2n) is 10.7. The molecule has 0 amide bonds. The van der Waals surface area contributed by atoms with Crippen LogP contribution in [-0.4, -0.2) is 37.1 Å². The molecule has 3 aromatic rings. The van der Waals surface area contributed by atoms with Gasteiger partial charge in [0.25, 0.3) is 0 Å². The fraction of sp³-hybridized carbons (Fsp3) is 0.297. The van der Waals surface area contributed by atoms with Crippen LogP contribution < -0.4 is 18.9 Å². The molecule has 0 spiro atoms. The molecular formula is C37H40O9. The van der Waals surface area contributed by atoms with E-state index < -0.39 is 17.9 Å². The van der Waals surface area contributed by atoms with Crippen molar-refractivity contribution in [2.45, 2.75) is 59.3 Å². The Kier molecular flexibility index (Phi) is 13.8. The molecule has 0 radical (unpaired) electrons. The Balaban J connectivity index is 1.49. The van der Waals surface area contributed by atoms with E-state index in [9.17, 15) is 19.2 Å². The number of benzene rings is 3. The van der Waals surface area contributed by atoms with E-state index in [1.54, 1.807) is 56.3 Å². The first kappa shape index (κ1) is 35.3. The minimum absolute atomic E-state index is 0.265. The van der Waals surface area contributed by atoms with Crippen molar-refractivity contribution in [1.82, 2.24) is 0 Å². The van der Waals surface area contributed by atoms with Gasteiger partial charge in [-0.1, -0.05) is 26.5 Å². The summed E-state index contributed by atoms with van der Waals surface area (Å²) in [5, 5.41) is 0. The maximum absolute atomic E-state index is 12.8. The van der Waals surface area contributed by atoms with Crippen molar-refractivity contribution >= 4 is 23.9 Å². The average molecular weight is 629 g/mol. The zero-order valence-corrected chi connectivity index (χ0v) is 26.6. The third-order valence-electron chi connectivity index (χ3n) is 6.59. The third-order valence-corrected chi connectivity index (χ3v) is 6.59. The lowest BCUT2D eigenvalue weighted by Crippen LogP contribution is -2.12. The molecule has 0 N–H and O–H groups in total. The van der Waals surface area contributed by atoms with E-state index in [0.717, 1.165) is 32.1 Å². The van der Waals surface area contributed by atoms with Gasteiger partial charge in [-0.3, -0.25) is 0 Å². The minimum Gasteiger partial charge on any atom is -0.494 e. The number of carbonyl (C=O) groups excluding carboxylic acids is 4. The molecule has 0 heterocycles. The van der Waals surface area contributed by atoms with Crippen LogP contribution in [0, 0.1) is 0 Å². The number of rotatable bonds is 17. The zero-order valence-electron chi connectivity index (χ0n) is 26.6. The SMILES string of the molecule is C=C(C)C(=O)OCCCCCCOc1ccc(C(=O)Oc2ccc(OC(=O)c3ccc(OC(=O)C(=C)C)cc3)c(CCC)c2)cc1. The first-order valence-electron chi connectivity index (χ1n) is 15.2. The molecular weight excluding hydrogens is 588 g/mol. The van der Waals surface area contributed by atoms with E-state index in [1.165, 1.54) is 24.3 Å². The number of hydrogen-bond acceptors (Lipinski definition) is 9. The van der Waals surface area contributed by atoms with Gasteiger partial charge in [-0.2, -0.15) is 0 Å².